The van der Waals surface area contributed by atoms with Gasteiger partial charge in [0, 0.05) is 5.56 Å². The molecule has 1 aromatic carbocycles. The van der Waals surface area contributed by atoms with Crippen LogP contribution in [0.25, 0.3) is 0 Å². The summed E-state index contributed by atoms with van der Waals surface area (Å²) in [7, 11) is 0. The number of carbonyl (C=O) groups is 3. The zero-order chi connectivity index (χ0) is 10.7. The fraction of sp³-hybridized carbons (Fsp3) is 0. The molecule has 0 saturated carbocycles. The molecule has 5 heteroatoms. The first-order valence-electron chi connectivity index (χ1n) is 3.62. The van der Waals surface area contributed by atoms with Gasteiger partial charge in [-0.25, -0.2) is 9.59 Å². The van der Waals surface area contributed by atoms with E-state index in [1.165, 1.54) is 12.1 Å². The predicted molar refractivity (Wildman–Crippen MR) is 45.7 cm³/mol. The van der Waals surface area contributed by atoms with Gasteiger partial charge in [-0.2, -0.15) is 0 Å². The van der Waals surface area contributed by atoms with Gasteiger partial charge in [-0.05, 0) is 6.07 Å². The van der Waals surface area contributed by atoms with Gasteiger partial charge in [-0.1, -0.05) is 12.1 Å². The van der Waals surface area contributed by atoms with Gasteiger partial charge in [0.1, 0.15) is 0 Å². The van der Waals surface area contributed by atoms with Crippen LogP contribution < -0.4 is 0 Å². The van der Waals surface area contributed by atoms with Crippen molar-refractivity contribution < 1.29 is 24.6 Å². The van der Waals surface area contributed by atoms with Crippen molar-refractivity contribution in [3.05, 3.63) is 34.9 Å². The smallest absolute Gasteiger partial charge is 0.337 e. The van der Waals surface area contributed by atoms with Crippen molar-refractivity contribution in [2.24, 2.45) is 0 Å². The summed E-state index contributed by atoms with van der Waals surface area (Å²) in [6.07, 6.45) is 0.315. The SMILES string of the molecule is O=Cc1cccc(C(=O)O)c1C(=O)O. The average molecular weight is 194 g/mol. The molecule has 1 rings (SSSR count). The van der Waals surface area contributed by atoms with Crippen LogP contribution in [-0.2, 0) is 0 Å². The first kappa shape index (κ1) is 9.91. The number of rotatable bonds is 3. The van der Waals surface area contributed by atoms with Gasteiger partial charge in [-0.15, -0.1) is 0 Å². The molecule has 5 nitrogen and oxygen atoms in total. The highest BCUT2D eigenvalue weighted by Gasteiger charge is 2.18. The zero-order valence-corrected chi connectivity index (χ0v) is 6.93. The lowest BCUT2D eigenvalue weighted by Crippen LogP contribution is -2.10. The lowest BCUT2D eigenvalue weighted by atomic mass is 10.0. The van der Waals surface area contributed by atoms with E-state index in [1.807, 2.05) is 0 Å². The van der Waals surface area contributed by atoms with Crippen LogP contribution in [0.3, 0.4) is 0 Å². The standard InChI is InChI=1S/C9H6O5/c10-4-5-2-1-3-6(8(11)12)7(5)9(13)14/h1-4H,(H,11,12)(H,13,14). The minimum atomic E-state index is -1.43. The summed E-state index contributed by atoms with van der Waals surface area (Å²) in [5.74, 6) is -2.80. The highest BCUT2D eigenvalue weighted by molar-refractivity contribution is 6.06. The van der Waals surface area contributed by atoms with Crippen molar-refractivity contribution in [3.8, 4) is 0 Å². The molecule has 0 saturated heterocycles. The van der Waals surface area contributed by atoms with Crippen molar-refractivity contribution in [1.29, 1.82) is 0 Å². The summed E-state index contributed by atoms with van der Waals surface area (Å²) in [5, 5.41) is 17.4. The Kier molecular flexibility index (Phi) is 2.62. The molecule has 0 aliphatic heterocycles. The van der Waals surface area contributed by atoms with Gasteiger partial charge >= 0.3 is 11.9 Å². The lowest BCUT2D eigenvalue weighted by Gasteiger charge is -2.02. The van der Waals surface area contributed by atoms with Gasteiger partial charge in [0.2, 0.25) is 0 Å². The molecule has 0 atom stereocenters. The van der Waals surface area contributed by atoms with E-state index in [0.29, 0.717) is 6.29 Å². The fourth-order valence-corrected chi connectivity index (χ4v) is 1.09. The molecule has 0 amide bonds. The third-order valence-electron chi connectivity index (χ3n) is 1.67. The van der Waals surface area contributed by atoms with Crippen LogP contribution in [0.2, 0.25) is 0 Å². The second-order valence-electron chi connectivity index (χ2n) is 2.50. The molecule has 0 aromatic heterocycles. The van der Waals surface area contributed by atoms with E-state index in [1.54, 1.807) is 0 Å². The monoisotopic (exact) mass is 194 g/mol. The molecule has 0 radical (unpaired) electrons. The quantitative estimate of drug-likeness (QED) is 0.697. The Bertz CT molecular complexity index is 408. The largest absolute Gasteiger partial charge is 0.478 e. The molecular weight excluding hydrogens is 188 g/mol. The van der Waals surface area contributed by atoms with Gasteiger partial charge in [0.25, 0.3) is 0 Å². The molecule has 0 aliphatic carbocycles. The number of hydrogen-bond acceptors (Lipinski definition) is 3. The highest BCUT2D eigenvalue weighted by atomic mass is 16.4. The normalized spacial score (nSPS) is 9.43. The number of benzene rings is 1. The van der Waals surface area contributed by atoms with E-state index < -0.39 is 17.5 Å². The van der Waals surface area contributed by atoms with Gasteiger partial charge in [0.05, 0.1) is 11.1 Å². The molecule has 0 bridgehead atoms. The Morgan fingerprint density at radius 2 is 1.79 bits per heavy atom. The van der Waals surface area contributed by atoms with Crippen LogP contribution >= 0.6 is 0 Å². The van der Waals surface area contributed by atoms with E-state index in [4.69, 9.17) is 10.2 Å². The summed E-state index contributed by atoms with van der Waals surface area (Å²) in [6.45, 7) is 0. The molecule has 14 heavy (non-hydrogen) atoms. The minimum absolute atomic E-state index is 0.141. The summed E-state index contributed by atoms with van der Waals surface area (Å²) in [4.78, 5) is 31.7. The van der Waals surface area contributed by atoms with Crippen LogP contribution in [0.15, 0.2) is 18.2 Å². The number of hydrogen-bond donors (Lipinski definition) is 2. The molecule has 0 unspecified atom stereocenters. The van der Waals surface area contributed by atoms with Crippen LogP contribution in [0.5, 0.6) is 0 Å². The molecule has 1 aromatic rings. The Morgan fingerprint density at radius 3 is 2.21 bits per heavy atom. The summed E-state index contributed by atoms with van der Waals surface area (Å²) >= 11 is 0. The minimum Gasteiger partial charge on any atom is -0.478 e. The summed E-state index contributed by atoms with van der Waals surface area (Å²) in [6, 6.07) is 3.71. The second-order valence-corrected chi connectivity index (χ2v) is 2.50. The first-order valence-corrected chi connectivity index (χ1v) is 3.62. The maximum Gasteiger partial charge on any atom is 0.337 e. The van der Waals surface area contributed by atoms with Gasteiger partial charge in [0.15, 0.2) is 6.29 Å². The van der Waals surface area contributed by atoms with Crippen LogP contribution in [-0.4, -0.2) is 28.4 Å². The summed E-state index contributed by atoms with van der Waals surface area (Å²) < 4.78 is 0. The van der Waals surface area contributed by atoms with Crippen molar-refractivity contribution >= 4 is 18.2 Å². The van der Waals surface area contributed by atoms with E-state index >= 15 is 0 Å². The topological polar surface area (TPSA) is 91.7 Å². The molecule has 0 spiro atoms. The Labute approximate surface area is 78.6 Å². The van der Waals surface area contributed by atoms with Crippen LogP contribution in [0, 0.1) is 0 Å². The maximum atomic E-state index is 10.7. The Balaban J connectivity index is 3.51. The van der Waals surface area contributed by atoms with Crippen LogP contribution in [0.1, 0.15) is 31.1 Å². The molecule has 0 heterocycles. The number of carbonyl (C=O) groups excluding carboxylic acids is 1. The van der Waals surface area contributed by atoms with Crippen molar-refractivity contribution in [2.75, 3.05) is 0 Å². The molecule has 72 valence electrons. The van der Waals surface area contributed by atoms with Crippen molar-refractivity contribution in [2.45, 2.75) is 0 Å². The third kappa shape index (κ3) is 1.61. The molecule has 2 N–H and O–H groups in total. The van der Waals surface area contributed by atoms with E-state index in [-0.39, 0.29) is 11.1 Å². The van der Waals surface area contributed by atoms with Gasteiger partial charge < -0.3 is 10.2 Å². The van der Waals surface area contributed by atoms with E-state index in [9.17, 15) is 14.4 Å². The number of carboxylic acids is 2. The lowest BCUT2D eigenvalue weighted by molar-refractivity contribution is 0.0650. The van der Waals surface area contributed by atoms with Crippen LogP contribution in [0.4, 0.5) is 0 Å². The fourth-order valence-electron chi connectivity index (χ4n) is 1.09. The molecule has 0 fully saturated rings. The first-order chi connectivity index (χ1) is 6.57. The second kappa shape index (κ2) is 3.69. The Hall–Kier alpha value is -2.17. The Morgan fingerprint density at radius 1 is 1.14 bits per heavy atom. The molecule has 0 aliphatic rings. The number of aldehydes is 1. The van der Waals surface area contributed by atoms with Crippen molar-refractivity contribution in [3.63, 3.8) is 0 Å². The number of aromatic carboxylic acids is 2. The summed E-state index contributed by atoms with van der Waals surface area (Å²) in [5.41, 5.74) is -1.01. The van der Waals surface area contributed by atoms with E-state index in [0.717, 1.165) is 6.07 Å². The third-order valence-corrected chi connectivity index (χ3v) is 1.67. The van der Waals surface area contributed by atoms with Crippen molar-refractivity contribution in [1.82, 2.24) is 0 Å². The maximum absolute atomic E-state index is 10.7. The molecular formula is C9H6O5. The zero-order valence-electron chi connectivity index (χ0n) is 6.93. The van der Waals surface area contributed by atoms with E-state index in [2.05, 4.69) is 0 Å². The number of carboxylic acid groups (broad SMARTS) is 2. The average Bonchev–Trinajstić information content (AvgIpc) is 2.16. The highest BCUT2D eigenvalue weighted by Crippen LogP contribution is 2.13. The van der Waals surface area contributed by atoms with Gasteiger partial charge in [-0.3, -0.25) is 4.79 Å². The predicted octanol–water partition coefficient (Wildman–Crippen LogP) is 0.895.